The molecular formula is C36H48N4O6. The van der Waals surface area contributed by atoms with E-state index in [4.69, 9.17) is 10.4 Å². The number of allylic oxidation sites excluding steroid dienone is 2. The third kappa shape index (κ3) is 13.0. The first-order valence-corrected chi connectivity index (χ1v) is 16.3. The molecule has 4 amide bonds. The zero-order valence-corrected chi connectivity index (χ0v) is 26.7. The molecule has 0 aromatic heterocycles. The van der Waals surface area contributed by atoms with Crippen LogP contribution in [-0.2, 0) is 32.0 Å². The second-order valence-corrected chi connectivity index (χ2v) is 11.6. The van der Waals surface area contributed by atoms with Crippen molar-refractivity contribution in [3.05, 3.63) is 95.1 Å². The van der Waals surface area contributed by atoms with Crippen molar-refractivity contribution in [1.29, 1.82) is 0 Å². The molecule has 2 aromatic carbocycles. The van der Waals surface area contributed by atoms with Crippen LogP contribution >= 0.6 is 0 Å². The highest BCUT2D eigenvalue weighted by molar-refractivity contribution is 5.95. The SMILES string of the molecule is O=C(CCC1=CCCCN(CCCc2ccccc2)C1=O)NO.O=C(CCC1=CCCCN(CCCc2ccccc2)C1=O)NO. The number of nitrogens with zero attached hydrogens (tertiary/aromatic N) is 2. The molecule has 0 saturated carbocycles. The van der Waals surface area contributed by atoms with Crippen LogP contribution in [0.1, 0.15) is 75.3 Å². The lowest BCUT2D eigenvalue weighted by atomic mass is 10.1. The summed E-state index contributed by atoms with van der Waals surface area (Å²) in [5.41, 5.74) is 7.15. The summed E-state index contributed by atoms with van der Waals surface area (Å²) in [6.07, 6.45) is 12.3. The number of carbonyl (C=O) groups is 4. The van der Waals surface area contributed by atoms with Gasteiger partial charge in [-0.2, -0.15) is 0 Å². The summed E-state index contributed by atoms with van der Waals surface area (Å²) in [6, 6.07) is 20.5. The molecule has 0 aliphatic carbocycles. The van der Waals surface area contributed by atoms with Crippen molar-refractivity contribution >= 4 is 23.6 Å². The summed E-state index contributed by atoms with van der Waals surface area (Å²) in [5.74, 6) is -0.861. The van der Waals surface area contributed by atoms with E-state index in [1.165, 1.54) is 11.1 Å². The largest absolute Gasteiger partial charge is 0.339 e. The first-order chi connectivity index (χ1) is 22.4. The maximum atomic E-state index is 12.6. The predicted octanol–water partition coefficient (Wildman–Crippen LogP) is 4.91. The molecule has 0 unspecified atom stereocenters. The lowest BCUT2D eigenvalue weighted by molar-refractivity contribution is -0.130. The fourth-order valence-corrected chi connectivity index (χ4v) is 5.59. The molecule has 2 heterocycles. The number of nitrogens with one attached hydrogen (secondary N) is 2. The molecule has 0 radical (unpaired) electrons. The van der Waals surface area contributed by atoms with Gasteiger partial charge in [0.05, 0.1) is 0 Å². The van der Waals surface area contributed by atoms with Gasteiger partial charge in [0, 0.05) is 50.2 Å². The van der Waals surface area contributed by atoms with Crippen LogP contribution in [0.25, 0.3) is 0 Å². The molecule has 4 rings (SSSR count). The quantitative estimate of drug-likeness (QED) is 0.173. The average Bonchev–Trinajstić information content (AvgIpc) is 3.38. The lowest BCUT2D eigenvalue weighted by Gasteiger charge is -2.22. The molecule has 0 spiro atoms. The third-order valence-electron chi connectivity index (χ3n) is 8.13. The van der Waals surface area contributed by atoms with E-state index < -0.39 is 11.8 Å². The van der Waals surface area contributed by atoms with Crippen molar-refractivity contribution < 1.29 is 29.6 Å². The van der Waals surface area contributed by atoms with Crippen LogP contribution in [0.15, 0.2) is 84.0 Å². The van der Waals surface area contributed by atoms with Crippen LogP contribution in [0.2, 0.25) is 0 Å². The average molecular weight is 633 g/mol. The van der Waals surface area contributed by atoms with Crippen LogP contribution in [-0.4, -0.2) is 70.0 Å². The van der Waals surface area contributed by atoms with E-state index in [1.54, 1.807) is 11.0 Å². The number of hydroxylamine groups is 2. The van der Waals surface area contributed by atoms with Crippen LogP contribution < -0.4 is 11.0 Å². The Labute approximate surface area is 272 Å². The van der Waals surface area contributed by atoms with Crippen LogP contribution in [0, 0.1) is 0 Å². The topological polar surface area (TPSA) is 139 Å². The Bertz CT molecular complexity index is 1210. The molecule has 10 nitrogen and oxygen atoms in total. The van der Waals surface area contributed by atoms with Gasteiger partial charge in [-0.3, -0.25) is 29.6 Å². The summed E-state index contributed by atoms with van der Waals surface area (Å²) in [5, 5.41) is 17.1. The number of aryl methyl sites for hydroxylation is 2. The normalized spacial score (nSPS) is 15.1. The number of hydrogen-bond donors (Lipinski definition) is 4. The van der Waals surface area contributed by atoms with Crippen LogP contribution in [0.5, 0.6) is 0 Å². The minimum absolute atomic E-state index is 0.0290. The Balaban J connectivity index is 0.000000250. The van der Waals surface area contributed by atoms with Crippen LogP contribution in [0.3, 0.4) is 0 Å². The smallest absolute Gasteiger partial charge is 0.249 e. The minimum atomic E-state index is -0.460. The molecule has 0 saturated heterocycles. The number of benzene rings is 2. The standard InChI is InChI=1S/2C18H24N2O3/c2*21-17(19-23)12-11-16-10-4-5-13-20(18(16)22)14-6-9-15-7-2-1-3-8-15/h2*1-3,7-8,10,23H,4-6,9,11-14H2,(H,19,21). The molecule has 0 fully saturated rings. The van der Waals surface area contributed by atoms with Gasteiger partial charge in [0.15, 0.2) is 0 Å². The first kappa shape index (κ1) is 36.2. The Morgan fingerprint density at radius 1 is 0.609 bits per heavy atom. The second kappa shape index (κ2) is 20.7. The minimum Gasteiger partial charge on any atom is -0.339 e. The highest BCUT2D eigenvalue weighted by Gasteiger charge is 2.22. The highest BCUT2D eigenvalue weighted by atomic mass is 16.5. The zero-order valence-electron chi connectivity index (χ0n) is 26.7. The van der Waals surface area contributed by atoms with Gasteiger partial charge in [-0.1, -0.05) is 72.8 Å². The van der Waals surface area contributed by atoms with E-state index >= 15 is 0 Å². The van der Waals surface area contributed by atoms with Gasteiger partial charge in [0.2, 0.25) is 23.6 Å². The molecule has 46 heavy (non-hydrogen) atoms. The Hall–Kier alpha value is -4.28. The fraction of sp³-hybridized carbons (Fsp3) is 0.444. The van der Waals surface area contributed by atoms with Crippen LogP contribution in [0.4, 0.5) is 0 Å². The molecule has 4 N–H and O–H groups in total. The van der Waals surface area contributed by atoms with Crippen molar-refractivity contribution in [3.8, 4) is 0 Å². The summed E-state index contributed by atoms with van der Waals surface area (Å²) in [4.78, 5) is 51.2. The predicted molar refractivity (Wildman–Crippen MR) is 176 cm³/mol. The zero-order chi connectivity index (χ0) is 33.0. The molecule has 248 valence electrons. The van der Waals surface area contributed by atoms with Crippen molar-refractivity contribution in [2.24, 2.45) is 0 Å². The molecular weight excluding hydrogens is 584 g/mol. The summed E-state index contributed by atoms with van der Waals surface area (Å²) in [7, 11) is 0. The molecule has 2 aromatic rings. The maximum Gasteiger partial charge on any atom is 0.249 e. The van der Waals surface area contributed by atoms with Gasteiger partial charge in [-0.15, -0.1) is 0 Å². The molecule has 2 aliphatic rings. The van der Waals surface area contributed by atoms with Crippen molar-refractivity contribution in [3.63, 3.8) is 0 Å². The summed E-state index contributed by atoms with van der Waals surface area (Å²) >= 11 is 0. The van der Waals surface area contributed by atoms with E-state index in [9.17, 15) is 19.2 Å². The van der Waals surface area contributed by atoms with Gasteiger partial charge in [-0.05, 0) is 75.3 Å². The van der Waals surface area contributed by atoms with Crippen molar-refractivity contribution in [2.75, 3.05) is 26.2 Å². The van der Waals surface area contributed by atoms with E-state index in [0.717, 1.165) is 77.5 Å². The summed E-state index contributed by atoms with van der Waals surface area (Å²) < 4.78 is 0. The molecule has 0 atom stereocenters. The van der Waals surface area contributed by atoms with E-state index in [-0.39, 0.29) is 24.7 Å². The number of amides is 4. The molecule has 10 heteroatoms. The number of hydrogen-bond acceptors (Lipinski definition) is 6. The maximum absolute atomic E-state index is 12.6. The number of rotatable bonds is 14. The monoisotopic (exact) mass is 632 g/mol. The van der Waals surface area contributed by atoms with Crippen molar-refractivity contribution in [1.82, 2.24) is 20.8 Å². The first-order valence-electron chi connectivity index (χ1n) is 16.3. The summed E-state index contributed by atoms with van der Waals surface area (Å²) in [6.45, 7) is 2.99. The fourth-order valence-electron chi connectivity index (χ4n) is 5.59. The van der Waals surface area contributed by atoms with E-state index in [2.05, 4.69) is 24.3 Å². The van der Waals surface area contributed by atoms with E-state index in [1.807, 2.05) is 58.4 Å². The molecule has 2 aliphatic heterocycles. The Kier molecular flexibility index (Phi) is 16.3. The number of carbonyl (C=O) groups excluding carboxylic acids is 4. The lowest BCUT2D eigenvalue weighted by Crippen LogP contribution is -2.33. The van der Waals surface area contributed by atoms with Gasteiger partial charge < -0.3 is 9.80 Å². The Morgan fingerprint density at radius 2 is 1.00 bits per heavy atom. The third-order valence-corrected chi connectivity index (χ3v) is 8.13. The highest BCUT2D eigenvalue weighted by Crippen LogP contribution is 2.18. The van der Waals surface area contributed by atoms with E-state index in [0.29, 0.717) is 24.0 Å². The molecule has 0 bridgehead atoms. The van der Waals surface area contributed by atoms with Gasteiger partial charge in [0.1, 0.15) is 0 Å². The second-order valence-electron chi connectivity index (χ2n) is 11.6. The van der Waals surface area contributed by atoms with Gasteiger partial charge >= 0.3 is 0 Å². The van der Waals surface area contributed by atoms with Gasteiger partial charge in [0.25, 0.3) is 0 Å². The van der Waals surface area contributed by atoms with Gasteiger partial charge in [-0.25, -0.2) is 11.0 Å². The van der Waals surface area contributed by atoms with Crippen molar-refractivity contribution in [2.45, 2.75) is 77.0 Å². The Morgan fingerprint density at radius 3 is 1.37 bits per heavy atom.